The molecule has 0 bridgehead atoms. The average molecular weight is 250 g/mol. The first-order chi connectivity index (χ1) is 7.25. The highest BCUT2D eigenvalue weighted by Crippen LogP contribution is 1.86. The van der Waals surface area contributed by atoms with Crippen LogP contribution < -0.4 is 0 Å². The molecule has 17 heavy (non-hydrogen) atoms. The molecule has 0 spiro atoms. The van der Waals surface area contributed by atoms with E-state index in [2.05, 4.69) is 0 Å². The molecule has 0 aliphatic rings. The first-order valence-corrected chi connectivity index (χ1v) is 4.13. The van der Waals surface area contributed by atoms with Gasteiger partial charge in [0.2, 0.25) is 0 Å². The molecule has 0 unspecified atom stereocenters. The minimum atomic E-state index is -1.08. The highest BCUT2D eigenvalue weighted by molar-refractivity contribution is 5.76. The standard InChI is InChI=1S/2C4H6O4.BH3/c2*5-3(6)1-2-4(7)8;/h2*1-2H2,(H,5,6)(H,7,8);1H3. The van der Waals surface area contributed by atoms with E-state index in [0.29, 0.717) is 0 Å². The summed E-state index contributed by atoms with van der Waals surface area (Å²) in [5.41, 5.74) is 0. The molecule has 0 aromatic carbocycles. The maximum Gasteiger partial charge on any atom is 0.303 e. The van der Waals surface area contributed by atoms with E-state index in [4.69, 9.17) is 20.4 Å². The number of carbonyl (C=O) groups is 4. The highest BCUT2D eigenvalue weighted by Gasteiger charge is 2.00. The molecule has 0 atom stereocenters. The van der Waals surface area contributed by atoms with Crippen molar-refractivity contribution in [3.05, 3.63) is 0 Å². The molecular weight excluding hydrogens is 235 g/mol. The summed E-state index contributed by atoms with van der Waals surface area (Å²) in [5.74, 6) is -4.31. The van der Waals surface area contributed by atoms with Crippen molar-refractivity contribution in [1.82, 2.24) is 0 Å². The normalized spacial score (nSPS) is 8.00. The smallest absolute Gasteiger partial charge is 0.303 e. The third-order valence-electron chi connectivity index (χ3n) is 1.11. The van der Waals surface area contributed by atoms with Crippen LogP contribution in [-0.4, -0.2) is 52.7 Å². The maximum absolute atomic E-state index is 9.64. The van der Waals surface area contributed by atoms with E-state index >= 15 is 0 Å². The van der Waals surface area contributed by atoms with E-state index in [1.165, 1.54) is 0 Å². The molecule has 4 N–H and O–H groups in total. The van der Waals surface area contributed by atoms with E-state index in [9.17, 15) is 19.2 Å². The van der Waals surface area contributed by atoms with Gasteiger partial charge in [-0.2, -0.15) is 0 Å². The molecule has 9 heteroatoms. The Labute approximate surface area is 98.4 Å². The van der Waals surface area contributed by atoms with Gasteiger partial charge in [-0.25, -0.2) is 0 Å². The molecule has 0 heterocycles. The summed E-state index contributed by atoms with van der Waals surface area (Å²) in [7, 11) is 0. The Hall–Kier alpha value is -2.06. The molecule has 0 rings (SSSR count). The van der Waals surface area contributed by atoms with Crippen molar-refractivity contribution in [2.45, 2.75) is 25.7 Å². The largest absolute Gasteiger partial charge is 0.481 e. The monoisotopic (exact) mass is 250 g/mol. The Balaban J connectivity index is -0.000000218. The number of carboxylic acid groups (broad SMARTS) is 4. The molecule has 0 aliphatic heterocycles. The van der Waals surface area contributed by atoms with Gasteiger partial charge in [-0.05, 0) is 0 Å². The summed E-state index contributed by atoms with van der Waals surface area (Å²) < 4.78 is 0. The third kappa shape index (κ3) is 31.5. The highest BCUT2D eigenvalue weighted by atomic mass is 16.4. The van der Waals surface area contributed by atoms with Gasteiger partial charge in [-0.1, -0.05) is 0 Å². The lowest BCUT2D eigenvalue weighted by molar-refractivity contribution is -0.143. The summed E-state index contributed by atoms with van der Waals surface area (Å²) >= 11 is 0. The van der Waals surface area contributed by atoms with Crippen molar-refractivity contribution in [2.75, 3.05) is 0 Å². The zero-order valence-electron chi connectivity index (χ0n) is 8.25. The van der Waals surface area contributed by atoms with Crippen molar-refractivity contribution < 1.29 is 39.6 Å². The summed E-state index contributed by atoms with van der Waals surface area (Å²) in [5, 5.41) is 31.6. The first kappa shape index (κ1) is 20.4. The molecule has 0 amide bonds. The van der Waals surface area contributed by atoms with Gasteiger partial charge in [0.25, 0.3) is 0 Å². The van der Waals surface area contributed by atoms with Gasteiger partial charge >= 0.3 is 23.9 Å². The molecule has 0 saturated heterocycles. The Morgan fingerprint density at radius 1 is 0.529 bits per heavy atom. The predicted octanol–water partition coefficient (Wildman–Crippen LogP) is -1.31. The zero-order chi connectivity index (χ0) is 13.1. The fourth-order valence-electron chi connectivity index (χ4n) is 0.428. The van der Waals surface area contributed by atoms with Crippen LogP contribution in [0.4, 0.5) is 0 Å². The minimum absolute atomic E-state index is 0. The van der Waals surface area contributed by atoms with Crippen molar-refractivity contribution in [2.24, 2.45) is 0 Å². The summed E-state index contributed by atoms with van der Waals surface area (Å²) in [6, 6.07) is 0. The SMILES string of the molecule is B.O=C(O)CCC(=O)O.O=C(O)CCC(=O)O. The number of hydrogen-bond acceptors (Lipinski definition) is 4. The van der Waals surface area contributed by atoms with Crippen LogP contribution in [0.25, 0.3) is 0 Å². The summed E-state index contributed by atoms with van der Waals surface area (Å²) in [4.78, 5) is 38.6. The van der Waals surface area contributed by atoms with Gasteiger partial charge in [0.05, 0.1) is 34.1 Å². The molecule has 8 nitrogen and oxygen atoms in total. The fourth-order valence-corrected chi connectivity index (χ4v) is 0.428. The molecule has 0 fully saturated rings. The predicted molar refractivity (Wildman–Crippen MR) is 59.0 cm³/mol. The van der Waals surface area contributed by atoms with Crippen molar-refractivity contribution >= 4 is 32.3 Å². The molecule has 98 valence electrons. The minimum Gasteiger partial charge on any atom is -0.481 e. The lowest BCUT2D eigenvalue weighted by atomic mass is 10.3. The van der Waals surface area contributed by atoms with Crippen molar-refractivity contribution in [3.63, 3.8) is 0 Å². The second-order valence-corrected chi connectivity index (χ2v) is 2.57. The van der Waals surface area contributed by atoms with Crippen LogP contribution in [0.3, 0.4) is 0 Å². The third-order valence-corrected chi connectivity index (χ3v) is 1.11. The quantitative estimate of drug-likeness (QED) is 0.424. The Morgan fingerprint density at radius 3 is 0.706 bits per heavy atom. The second kappa shape index (κ2) is 12.0. The van der Waals surface area contributed by atoms with E-state index in [1.54, 1.807) is 0 Å². The second-order valence-electron chi connectivity index (χ2n) is 2.57. The lowest BCUT2D eigenvalue weighted by Crippen LogP contribution is -2.00. The Kier molecular flexibility index (Phi) is 14.4. The molecule has 0 radical (unpaired) electrons. The average Bonchev–Trinajstić information content (AvgIpc) is 2.12. The lowest BCUT2D eigenvalue weighted by Gasteiger charge is -1.85. The molecule has 0 aliphatic carbocycles. The number of carboxylic acids is 4. The number of aliphatic carboxylic acids is 4. The van der Waals surface area contributed by atoms with Crippen LogP contribution in [0.15, 0.2) is 0 Å². The van der Waals surface area contributed by atoms with Crippen LogP contribution in [0.1, 0.15) is 25.7 Å². The molecule has 0 aromatic heterocycles. The first-order valence-electron chi connectivity index (χ1n) is 4.13. The van der Waals surface area contributed by atoms with Crippen LogP contribution in [-0.2, 0) is 19.2 Å². The van der Waals surface area contributed by atoms with Gasteiger partial charge < -0.3 is 20.4 Å². The van der Waals surface area contributed by atoms with E-state index in [-0.39, 0.29) is 34.1 Å². The van der Waals surface area contributed by atoms with Crippen molar-refractivity contribution in [3.8, 4) is 0 Å². The molecule has 0 aromatic rings. The van der Waals surface area contributed by atoms with E-state index in [0.717, 1.165) is 0 Å². The van der Waals surface area contributed by atoms with E-state index in [1.807, 2.05) is 0 Å². The van der Waals surface area contributed by atoms with Crippen LogP contribution in [0, 0.1) is 0 Å². The summed E-state index contributed by atoms with van der Waals surface area (Å²) in [6.45, 7) is 0. The molecule has 0 saturated carbocycles. The van der Waals surface area contributed by atoms with E-state index < -0.39 is 23.9 Å². The number of hydrogen-bond donors (Lipinski definition) is 4. The maximum atomic E-state index is 9.64. The van der Waals surface area contributed by atoms with Crippen molar-refractivity contribution in [1.29, 1.82) is 0 Å². The van der Waals surface area contributed by atoms with Gasteiger partial charge in [0, 0.05) is 0 Å². The van der Waals surface area contributed by atoms with Crippen LogP contribution >= 0.6 is 0 Å². The van der Waals surface area contributed by atoms with Gasteiger partial charge in [-0.15, -0.1) is 0 Å². The topological polar surface area (TPSA) is 149 Å². The van der Waals surface area contributed by atoms with Gasteiger partial charge in [0.15, 0.2) is 0 Å². The summed E-state index contributed by atoms with van der Waals surface area (Å²) in [6.07, 6.45) is -1.19. The number of rotatable bonds is 6. The molecular formula is C8H15BO8. The Morgan fingerprint density at radius 2 is 0.647 bits per heavy atom. The zero-order valence-corrected chi connectivity index (χ0v) is 8.25. The fraction of sp³-hybridized carbons (Fsp3) is 0.500. The van der Waals surface area contributed by atoms with Crippen LogP contribution in [0.5, 0.6) is 0 Å². The van der Waals surface area contributed by atoms with Gasteiger partial charge in [0.1, 0.15) is 0 Å². The van der Waals surface area contributed by atoms with Gasteiger partial charge in [-0.3, -0.25) is 19.2 Å². The van der Waals surface area contributed by atoms with Crippen LogP contribution in [0.2, 0.25) is 0 Å². The Bertz CT molecular complexity index is 219.